The number of nitrogens with one attached hydrogen (secondary N) is 1. The van der Waals surface area contributed by atoms with Crippen LogP contribution in [0.5, 0.6) is 11.5 Å². The van der Waals surface area contributed by atoms with Crippen LogP contribution in [0.25, 0.3) is 0 Å². The minimum atomic E-state index is -0.760. The van der Waals surface area contributed by atoms with Crippen LogP contribution in [0.15, 0.2) is 48.5 Å². The molecule has 0 radical (unpaired) electrons. The topological polar surface area (TPSA) is 73.6 Å². The highest BCUT2D eigenvalue weighted by molar-refractivity contribution is 5.67. The molecule has 0 amide bonds. The number of rotatable bonds is 3. The third kappa shape index (κ3) is 4.23. The van der Waals surface area contributed by atoms with Gasteiger partial charge in [-0.1, -0.05) is 12.1 Å². The number of nitrogens with two attached hydrogens (primary N) is 1. The van der Waals surface area contributed by atoms with Crippen LogP contribution >= 0.6 is 0 Å². The molecule has 0 unspecified atom stereocenters. The first kappa shape index (κ1) is 15.4. The monoisotopic (exact) mass is 312 g/mol. The van der Waals surface area contributed by atoms with E-state index < -0.39 is 6.16 Å². The maximum atomic E-state index is 11.8. The summed E-state index contributed by atoms with van der Waals surface area (Å²) < 4.78 is 10.3. The highest BCUT2D eigenvalue weighted by Crippen LogP contribution is 2.26. The number of benzene rings is 2. The lowest BCUT2D eigenvalue weighted by Gasteiger charge is -2.23. The van der Waals surface area contributed by atoms with E-state index in [1.165, 1.54) is 5.56 Å². The minimum Gasteiger partial charge on any atom is -0.399 e. The van der Waals surface area contributed by atoms with E-state index in [1.54, 1.807) is 24.3 Å². The number of anilines is 1. The zero-order valence-electron chi connectivity index (χ0n) is 12.8. The maximum Gasteiger partial charge on any atom is 0.519 e. The molecule has 1 aliphatic rings. The molecule has 0 bridgehead atoms. The Labute approximate surface area is 135 Å². The normalized spacial score (nSPS) is 15.1. The Morgan fingerprint density at radius 2 is 1.43 bits per heavy atom. The Morgan fingerprint density at radius 3 is 2.00 bits per heavy atom. The number of hydrogen-bond acceptors (Lipinski definition) is 5. The lowest BCUT2D eigenvalue weighted by atomic mass is 9.90. The zero-order chi connectivity index (χ0) is 16.1. The summed E-state index contributed by atoms with van der Waals surface area (Å²) in [6.45, 7) is 2.10. The molecule has 1 saturated heterocycles. The van der Waals surface area contributed by atoms with Gasteiger partial charge in [0, 0.05) is 5.69 Å². The van der Waals surface area contributed by atoms with E-state index in [2.05, 4.69) is 5.32 Å². The number of hydrogen-bond donors (Lipinski definition) is 2. The average Bonchev–Trinajstić information content (AvgIpc) is 2.58. The quantitative estimate of drug-likeness (QED) is 0.517. The van der Waals surface area contributed by atoms with Crippen molar-refractivity contribution in [1.29, 1.82) is 0 Å². The molecule has 5 nitrogen and oxygen atoms in total. The molecule has 1 heterocycles. The maximum absolute atomic E-state index is 11.8. The smallest absolute Gasteiger partial charge is 0.399 e. The van der Waals surface area contributed by atoms with Gasteiger partial charge in [-0.2, -0.15) is 0 Å². The summed E-state index contributed by atoms with van der Waals surface area (Å²) in [6, 6.07) is 14.2. The van der Waals surface area contributed by atoms with Crippen LogP contribution in [-0.4, -0.2) is 19.2 Å². The molecule has 5 heteroatoms. The average molecular weight is 312 g/mol. The summed E-state index contributed by atoms with van der Waals surface area (Å²) in [6.07, 6.45) is 1.52. The van der Waals surface area contributed by atoms with Gasteiger partial charge in [-0.3, -0.25) is 0 Å². The van der Waals surface area contributed by atoms with Crippen molar-refractivity contribution in [2.75, 3.05) is 18.8 Å². The van der Waals surface area contributed by atoms with Crippen LogP contribution in [0.2, 0.25) is 0 Å². The SMILES string of the molecule is Nc1ccc(OC(=O)Oc2ccc(C3CCNCC3)cc2)cc1. The first-order chi connectivity index (χ1) is 11.2. The number of carbonyl (C=O) groups excluding carboxylic acids is 1. The van der Waals surface area contributed by atoms with Gasteiger partial charge in [0.05, 0.1) is 0 Å². The summed E-state index contributed by atoms with van der Waals surface area (Å²) in [5.74, 6) is 1.45. The zero-order valence-corrected chi connectivity index (χ0v) is 12.8. The number of ether oxygens (including phenoxy) is 2. The van der Waals surface area contributed by atoms with Crippen molar-refractivity contribution in [2.24, 2.45) is 0 Å². The van der Waals surface area contributed by atoms with Crippen molar-refractivity contribution >= 4 is 11.8 Å². The van der Waals surface area contributed by atoms with Gasteiger partial charge >= 0.3 is 6.16 Å². The van der Waals surface area contributed by atoms with Crippen molar-refractivity contribution in [3.8, 4) is 11.5 Å². The summed E-state index contributed by atoms with van der Waals surface area (Å²) in [5, 5.41) is 3.35. The van der Waals surface area contributed by atoms with Gasteiger partial charge in [-0.15, -0.1) is 0 Å². The Hall–Kier alpha value is -2.53. The molecule has 0 aromatic heterocycles. The summed E-state index contributed by atoms with van der Waals surface area (Å²) in [5.41, 5.74) is 7.47. The summed E-state index contributed by atoms with van der Waals surface area (Å²) in [7, 11) is 0. The van der Waals surface area contributed by atoms with Crippen molar-refractivity contribution in [3.05, 3.63) is 54.1 Å². The second-order valence-corrected chi connectivity index (χ2v) is 5.62. The van der Waals surface area contributed by atoms with Crippen molar-refractivity contribution in [1.82, 2.24) is 5.32 Å². The third-order valence-corrected chi connectivity index (χ3v) is 3.97. The van der Waals surface area contributed by atoms with E-state index in [4.69, 9.17) is 15.2 Å². The van der Waals surface area contributed by atoms with Crippen LogP contribution in [0.4, 0.5) is 10.5 Å². The van der Waals surface area contributed by atoms with Crippen molar-refractivity contribution in [2.45, 2.75) is 18.8 Å². The molecule has 3 rings (SSSR count). The molecule has 0 spiro atoms. The molecule has 0 saturated carbocycles. The van der Waals surface area contributed by atoms with Gasteiger partial charge in [-0.25, -0.2) is 4.79 Å². The summed E-state index contributed by atoms with van der Waals surface area (Å²) >= 11 is 0. The van der Waals surface area contributed by atoms with Crippen LogP contribution in [0, 0.1) is 0 Å². The Balaban J connectivity index is 1.57. The van der Waals surface area contributed by atoms with Gasteiger partial charge in [-0.05, 0) is 73.8 Å². The number of piperidine rings is 1. The molecular weight excluding hydrogens is 292 g/mol. The van der Waals surface area contributed by atoms with Crippen LogP contribution in [0.1, 0.15) is 24.3 Å². The molecule has 120 valence electrons. The lowest BCUT2D eigenvalue weighted by Crippen LogP contribution is -2.26. The van der Waals surface area contributed by atoms with Gasteiger partial charge in [0.25, 0.3) is 0 Å². The first-order valence-corrected chi connectivity index (χ1v) is 7.76. The molecule has 2 aromatic rings. The third-order valence-electron chi connectivity index (χ3n) is 3.97. The van der Waals surface area contributed by atoms with Crippen molar-refractivity contribution < 1.29 is 14.3 Å². The van der Waals surface area contributed by atoms with Gasteiger partial charge in [0.1, 0.15) is 11.5 Å². The number of carbonyl (C=O) groups is 1. The van der Waals surface area contributed by atoms with E-state index in [9.17, 15) is 4.79 Å². The molecule has 0 atom stereocenters. The Bertz CT molecular complexity index is 647. The van der Waals surface area contributed by atoms with E-state index in [0.717, 1.165) is 25.9 Å². The van der Waals surface area contributed by atoms with Crippen molar-refractivity contribution in [3.63, 3.8) is 0 Å². The molecule has 2 aromatic carbocycles. The molecule has 23 heavy (non-hydrogen) atoms. The van der Waals surface area contributed by atoms with Crippen LogP contribution < -0.4 is 20.5 Å². The Morgan fingerprint density at radius 1 is 0.913 bits per heavy atom. The van der Waals surface area contributed by atoms with E-state index in [-0.39, 0.29) is 0 Å². The van der Waals surface area contributed by atoms with Crippen LogP contribution in [-0.2, 0) is 0 Å². The first-order valence-electron chi connectivity index (χ1n) is 7.76. The fraction of sp³-hybridized carbons (Fsp3) is 0.278. The molecular formula is C18H20N2O3. The predicted octanol–water partition coefficient (Wildman–Crippen LogP) is 3.31. The van der Waals surface area contributed by atoms with E-state index in [0.29, 0.717) is 23.1 Å². The second kappa shape index (κ2) is 7.15. The second-order valence-electron chi connectivity index (χ2n) is 5.62. The van der Waals surface area contributed by atoms with Gasteiger partial charge in [0.15, 0.2) is 0 Å². The van der Waals surface area contributed by atoms with Crippen LogP contribution in [0.3, 0.4) is 0 Å². The Kier molecular flexibility index (Phi) is 4.78. The number of nitrogen functional groups attached to an aromatic ring is 1. The van der Waals surface area contributed by atoms with E-state index >= 15 is 0 Å². The molecule has 1 aliphatic heterocycles. The van der Waals surface area contributed by atoms with Gasteiger partial charge < -0.3 is 20.5 Å². The fourth-order valence-corrected chi connectivity index (χ4v) is 2.71. The molecule has 0 aliphatic carbocycles. The lowest BCUT2D eigenvalue weighted by molar-refractivity contribution is 0.152. The van der Waals surface area contributed by atoms with E-state index in [1.807, 2.05) is 24.3 Å². The minimum absolute atomic E-state index is 0.399. The standard InChI is InChI=1S/C18H20N2O3/c19-15-3-7-17(8-4-15)23-18(21)22-16-5-1-13(2-6-16)14-9-11-20-12-10-14/h1-8,14,20H,9-12,19H2. The summed E-state index contributed by atoms with van der Waals surface area (Å²) in [4.78, 5) is 11.8. The highest BCUT2D eigenvalue weighted by Gasteiger charge is 2.15. The predicted molar refractivity (Wildman–Crippen MR) is 88.8 cm³/mol. The molecule has 3 N–H and O–H groups in total. The highest BCUT2D eigenvalue weighted by atomic mass is 16.7. The van der Waals surface area contributed by atoms with Gasteiger partial charge in [0.2, 0.25) is 0 Å². The molecule has 1 fully saturated rings. The fourth-order valence-electron chi connectivity index (χ4n) is 2.71. The largest absolute Gasteiger partial charge is 0.519 e.